The van der Waals surface area contributed by atoms with Crippen molar-refractivity contribution in [1.82, 2.24) is 0 Å². The van der Waals surface area contributed by atoms with Crippen LogP contribution in [0.3, 0.4) is 0 Å². The zero-order valence-corrected chi connectivity index (χ0v) is 25.4. The molecule has 1 aromatic rings. The number of hydrogen-bond acceptors (Lipinski definition) is 4. The van der Waals surface area contributed by atoms with Gasteiger partial charge < -0.3 is 33.9 Å². The highest BCUT2D eigenvalue weighted by Gasteiger charge is 2.09. The Hall–Kier alpha value is 0.110. The van der Waals surface area contributed by atoms with Crippen LogP contribution in [0.1, 0.15) is 153 Å². The molecule has 0 atom stereocenters. The predicted molar refractivity (Wildman–Crippen MR) is 160 cm³/mol. The Morgan fingerprint density at radius 3 is 1.43 bits per heavy atom. The minimum absolute atomic E-state index is 0.666. The number of hydrogen-bond donors (Lipinski definition) is 0. The van der Waals surface area contributed by atoms with Gasteiger partial charge >= 0.3 is 0 Å². The quantitative estimate of drug-likeness (QED) is 0.0741. The lowest BCUT2D eigenvalue weighted by Crippen LogP contribution is -2.10. The first-order valence-electron chi connectivity index (χ1n) is 14.8. The molecule has 0 N–H and O–H groups in total. The van der Waals surface area contributed by atoms with Crippen LogP contribution in [0.25, 0.3) is 0 Å². The van der Waals surface area contributed by atoms with E-state index in [1.165, 1.54) is 128 Å². The fraction of sp³-hybridized carbons (Fsp3) is 0.800. The second kappa shape index (κ2) is 22.1. The molecule has 1 rings (SSSR count). The zero-order chi connectivity index (χ0) is 25.6. The van der Waals surface area contributed by atoms with Crippen molar-refractivity contribution in [2.75, 3.05) is 0 Å². The number of aryl methyl sites for hydroxylation is 2. The molecule has 0 aromatic heterocycles. The van der Waals surface area contributed by atoms with Gasteiger partial charge in [-0.15, -0.1) is 6.12 Å². The van der Waals surface area contributed by atoms with E-state index in [-0.39, 0.29) is 0 Å². The molecule has 0 spiro atoms. The summed E-state index contributed by atoms with van der Waals surface area (Å²) >= 11 is 9.84. The Bertz CT molecular complexity index is 619. The van der Waals surface area contributed by atoms with Crippen molar-refractivity contribution in [3.8, 4) is 5.75 Å². The maximum atomic E-state index is 12.0. The molecule has 0 saturated carbocycles. The summed E-state index contributed by atoms with van der Waals surface area (Å²) in [7, 11) is 0. The summed E-state index contributed by atoms with van der Waals surface area (Å²) in [6.45, 7) is 4.54. The molecule has 1 aromatic carbocycles. The molecule has 0 unspecified atom stereocenters. The average Bonchev–Trinajstić information content (AvgIpc) is 2.81. The van der Waals surface area contributed by atoms with Gasteiger partial charge in [0.1, 0.15) is 0 Å². The predicted octanol–water partition coefficient (Wildman–Crippen LogP) is 10.1. The van der Waals surface area contributed by atoms with E-state index >= 15 is 0 Å². The highest BCUT2D eigenvalue weighted by atomic mass is 33.1. The average molecular weight is 541 g/mol. The zero-order valence-electron chi connectivity index (χ0n) is 22.9. The molecule has 0 fully saturated rings. The molecule has 0 aliphatic rings. The van der Waals surface area contributed by atoms with Crippen LogP contribution in [-0.4, -0.2) is 0 Å². The van der Waals surface area contributed by atoms with E-state index in [0.717, 1.165) is 24.8 Å². The summed E-state index contributed by atoms with van der Waals surface area (Å²) in [5.74, 6) is 0.666. The third kappa shape index (κ3) is 19.8. The Balaban J connectivity index is 2.31. The maximum absolute atomic E-state index is 12.0. The van der Waals surface area contributed by atoms with Crippen molar-refractivity contribution in [3.63, 3.8) is 0 Å². The van der Waals surface area contributed by atoms with Crippen LogP contribution in [0.5, 0.6) is 5.75 Å². The van der Waals surface area contributed by atoms with Crippen LogP contribution < -0.4 is 9.42 Å². The lowest BCUT2D eigenvalue weighted by atomic mass is 9.99. The molecule has 0 bridgehead atoms. The van der Waals surface area contributed by atoms with Gasteiger partial charge in [0, 0.05) is 0 Å². The Kier molecular flexibility index (Phi) is 20.9. The Labute approximate surface area is 229 Å². The van der Waals surface area contributed by atoms with Crippen molar-refractivity contribution in [1.29, 1.82) is 0 Å². The Morgan fingerprint density at radius 2 is 1.00 bits per heavy atom. The molecule has 0 saturated heterocycles. The molecule has 0 radical (unpaired) electrons. The second-order valence-corrected chi connectivity index (χ2v) is 15.0. The van der Waals surface area contributed by atoms with E-state index in [0.29, 0.717) is 5.75 Å². The van der Waals surface area contributed by atoms with Crippen LogP contribution in [0.4, 0.5) is 0 Å². The van der Waals surface area contributed by atoms with E-state index in [1.807, 2.05) is 6.07 Å². The SMILES string of the molecule is CCCCCCCCCCCCc1ccc(CCCCCCCCCCCC)c(O[P+]([O-])([S-])[S-])c1. The fourth-order valence-electron chi connectivity index (χ4n) is 4.79. The van der Waals surface area contributed by atoms with Gasteiger partial charge in [0.2, 0.25) is 0 Å². The largest absolute Gasteiger partial charge is 0.682 e. The maximum Gasteiger partial charge on any atom is 0.171 e. The highest BCUT2D eigenvalue weighted by molar-refractivity contribution is 8.69. The molecule has 0 aliphatic carbocycles. The summed E-state index contributed by atoms with van der Waals surface area (Å²) < 4.78 is 5.60. The first kappa shape index (κ1) is 33.1. The molecule has 35 heavy (non-hydrogen) atoms. The monoisotopic (exact) mass is 540 g/mol. The first-order valence-corrected chi connectivity index (χ1v) is 18.4. The van der Waals surface area contributed by atoms with Gasteiger partial charge in [0.15, 0.2) is 5.75 Å². The van der Waals surface area contributed by atoms with Gasteiger partial charge in [-0.05, 0) is 42.9 Å². The van der Waals surface area contributed by atoms with Crippen LogP contribution >= 0.6 is 6.12 Å². The molecule has 5 heteroatoms. The van der Waals surface area contributed by atoms with Crippen LogP contribution in [0.2, 0.25) is 0 Å². The topological polar surface area (TPSA) is 32.3 Å². The van der Waals surface area contributed by atoms with Gasteiger partial charge in [-0.1, -0.05) is 142 Å². The molecular weight excluding hydrogens is 487 g/mol. The molecule has 0 amide bonds. The fourth-order valence-corrected chi connectivity index (χ4v) is 5.68. The smallest absolute Gasteiger partial charge is 0.171 e. The second-order valence-electron chi connectivity index (χ2n) is 10.3. The summed E-state index contributed by atoms with van der Waals surface area (Å²) in [6.07, 6.45) is 25.2. The van der Waals surface area contributed by atoms with Crippen molar-refractivity contribution in [3.05, 3.63) is 29.3 Å². The van der Waals surface area contributed by atoms with Crippen molar-refractivity contribution in [2.24, 2.45) is 0 Å². The lowest BCUT2D eigenvalue weighted by Gasteiger charge is -2.42. The van der Waals surface area contributed by atoms with E-state index in [2.05, 4.69) is 26.0 Å². The van der Waals surface area contributed by atoms with Crippen molar-refractivity contribution >= 4 is 30.6 Å². The first-order chi connectivity index (χ1) is 17.0. The van der Waals surface area contributed by atoms with Crippen molar-refractivity contribution < 1.29 is 9.42 Å². The third-order valence-corrected chi connectivity index (χ3v) is 7.83. The summed E-state index contributed by atoms with van der Waals surface area (Å²) in [5.41, 5.74) is 2.34. The van der Waals surface area contributed by atoms with Gasteiger partial charge in [-0.25, -0.2) is 0 Å². The normalized spacial score (nSPS) is 11.8. The van der Waals surface area contributed by atoms with E-state index < -0.39 is 6.12 Å². The van der Waals surface area contributed by atoms with Gasteiger partial charge in [0.25, 0.3) is 0 Å². The molecule has 0 aliphatic heterocycles. The van der Waals surface area contributed by atoms with E-state index in [1.54, 1.807) is 0 Å². The molecule has 0 heterocycles. The van der Waals surface area contributed by atoms with Crippen LogP contribution in [0.15, 0.2) is 18.2 Å². The summed E-state index contributed by atoms with van der Waals surface area (Å²) in [6, 6.07) is 6.41. The molecular formula is C30H53O2PS2-2. The van der Waals surface area contributed by atoms with Crippen LogP contribution in [-0.2, 0) is 37.3 Å². The van der Waals surface area contributed by atoms with E-state index in [9.17, 15) is 4.89 Å². The number of rotatable bonds is 24. The summed E-state index contributed by atoms with van der Waals surface area (Å²) in [4.78, 5) is 12.0. The van der Waals surface area contributed by atoms with E-state index in [4.69, 9.17) is 29.0 Å². The highest BCUT2D eigenvalue weighted by Crippen LogP contribution is 2.47. The minimum atomic E-state index is -3.39. The van der Waals surface area contributed by atoms with Gasteiger partial charge in [-0.3, -0.25) is 0 Å². The van der Waals surface area contributed by atoms with Gasteiger partial charge in [0.05, 0.1) is 0 Å². The Morgan fingerprint density at radius 1 is 0.600 bits per heavy atom. The number of unbranched alkanes of at least 4 members (excludes halogenated alkanes) is 18. The molecule has 2 nitrogen and oxygen atoms in total. The van der Waals surface area contributed by atoms with Gasteiger partial charge in [-0.2, -0.15) is 0 Å². The lowest BCUT2D eigenvalue weighted by molar-refractivity contribution is -0.169. The molecule has 204 valence electrons. The third-order valence-electron chi connectivity index (χ3n) is 6.96. The minimum Gasteiger partial charge on any atom is -0.682 e. The number of benzene rings is 1. The standard InChI is InChI=1S/C30H55O2PS2/c1-3-5-7-9-11-13-15-17-19-21-23-28-25-26-29(30(27-28)32-33(31,34)35)24-22-20-18-16-14-12-10-8-6-4-2/h25-27H,3-24H2,1-2H3,(H2,31,34,35)/p-2. The van der Waals surface area contributed by atoms with Crippen LogP contribution in [0, 0.1) is 0 Å². The van der Waals surface area contributed by atoms with Crippen molar-refractivity contribution in [2.45, 2.75) is 155 Å². The summed E-state index contributed by atoms with van der Waals surface area (Å²) in [5, 5.41) is 0.